The number of piperidine rings is 1. The Balaban J connectivity index is 1.51. The van der Waals surface area contributed by atoms with Crippen LogP contribution in [0.25, 0.3) is 0 Å². The summed E-state index contributed by atoms with van der Waals surface area (Å²) in [5.41, 5.74) is 0.899. The van der Waals surface area contributed by atoms with E-state index in [4.69, 9.17) is 0 Å². The Hall–Kier alpha value is -1.88. The summed E-state index contributed by atoms with van der Waals surface area (Å²) in [4.78, 5) is 26.9. The quantitative estimate of drug-likeness (QED) is 0.858. The van der Waals surface area contributed by atoms with E-state index in [9.17, 15) is 9.59 Å². The molecule has 5 heteroatoms. The fourth-order valence-corrected chi connectivity index (χ4v) is 5.56. The van der Waals surface area contributed by atoms with E-state index < -0.39 is 0 Å². The molecule has 27 heavy (non-hydrogen) atoms. The van der Waals surface area contributed by atoms with E-state index >= 15 is 0 Å². The Morgan fingerprint density at radius 1 is 1.19 bits per heavy atom. The van der Waals surface area contributed by atoms with Crippen LogP contribution in [0.4, 0.5) is 0 Å². The zero-order valence-electron chi connectivity index (χ0n) is 16.2. The molecule has 2 aliphatic heterocycles. The van der Waals surface area contributed by atoms with Gasteiger partial charge in [-0.3, -0.25) is 9.59 Å². The topological polar surface area (TPSA) is 61.4 Å². The Morgan fingerprint density at radius 2 is 1.93 bits per heavy atom. The largest absolute Gasteiger partial charge is 0.347 e. The van der Waals surface area contributed by atoms with Crippen LogP contribution in [0.2, 0.25) is 0 Å². The van der Waals surface area contributed by atoms with E-state index in [0.29, 0.717) is 31.3 Å². The van der Waals surface area contributed by atoms with Crippen LogP contribution >= 0.6 is 0 Å². The third kappa shape index (κ3) is 3.75. The summed E-state index contributed by atoms with van der Waals surface area (Å²) >= 11 is 0. The highest BCUT2D eigenvalue weighted by Crippen LogP contribution is 2.42. The number of hydrogen-bond donors (Lipinski definition) is 2. The van der Waals surface area contributed by atoms with Gasteiger partial charge in [-0.1, -0.05) is 43.2 Å². The predicted octanol–water partition coefficient (Wildman–Crippen LogP) is 2.63. The van der Waals surface area contributed by atoms with Gasteiger partial charge >= 0.3 is 0 Å². The zero-order chi connectivity index (χ0) is 18.9. The maximum absolute atomic E-state index is 12.9. The van der Waals surface area contributed by atoms with Crippen molar-refractivity contribution in [3.8, 4) is 0 Å². The number of nitrogens with zero attached hydrogens (tertiary/aromatic N) is 1. The third-order valence-electron chi connectivity index (χ3n) is 6.81. The van der Waals surface area contributed by atoms with Crippen molar-refractivity contribution >= 4 is 11.8 Å². The smallest absolute Gasteiger partial charge is 0.222 e. The fraction of sp³-hybridized carbons (Fsp3) is 0.636. The molecule has 3 atom stereocenters. The van der Waals surface area contributed by atoms with Crippen LogP contribution in [0.15, 0.2) is 30.3 Å². The molecular weight excluding hydrogens is 338 g/mol. The van der Waals surface area contributed by atoms with Crippen LogP contribution in [0.1, 0.15) is 57.1 Å². The molecule has 1 saturated carbocycles. The van der Waals surface area contributed by atoms with Crippen LogP contribution < -0.4 is 10.6 Å². The third-order valence-corrected chi connectivity index (χ3v) is 6.81. The van der Waals surface area contributed by atoms with Gasteiger partial charge in [0, 0.05) is 44.9 Å². The molecule has 0 aromatic heterocycles. The molecule has 0 spiro atoms. The highest BCUT2D eigenvalue weighted by atomic mass is 16.2. The Kier molecular flexibility index (Phi) is 5.22. The van der Waals surface area contributed by atoms with Crippen LogP contribution in [-0.4, -0.2) is 41.9 Å². The summed E-state index contributed by atoms with van der Waals surface area (Å²) in [5.74, 6) is 1.12. The normalized spacial score (nSPS) is 30.9. The monoisotopic (exact) mass is 369 g/mol. The maximum atomic E-state index is 12.9. The number of hydrogen-bond acceptors (Lipinski definition) is 3. The molecule has 2 saturated heterocycles. The molecule has 0 radical (unpaired) electrons. The molecule has 2 heterocycles. The van der Waals surface area contributed by atoms with E-state index in [1.807, 2.05) is 11.0 Å². The van der Waals surface area contributed by atoms with Crippen molar-refractivity contribution in [2.75, 3.05) is 19.6 Å². The Labute approximate surface area is 161 Å². The molecule has 3 fully saturated rings. The number of rotatable bonds is 4. The van der Waals surface area contributed by atoms with Gasteiger partial charge in [-0.05, 0) is 30.7 Å². The van der Waals surface area contributed by atoms with Crippen LogP contribution in [0, 0.1) is 11.8 Å². The van der Waals surface area contributed by atoms with Gasteiger partial charge in [0.05, 0.1) is 5.54 Å². The number of amides is 2. The summed E-state index contributed by atoms with van der Waals surface area (Å²) < 4.78 is 0. The second-order valence-corrected chi connectivity index (χ2v) is 8.67. The number of carbonyl (C=O) groups excluding carboxylic acids is 2. The molecule has 0 bridgehead atoms. The van der Waals surface area contributed by atoms with Gasteiger partial charge in [0.1, 0.15) is 0 Å². The van der Waals surface area contributed by atoms with Crippen molar-refractivity contribution in [2.45, 2.75) is 57.0 Å². The number of benzene rings is 1. The van der Waals surface area contributed by atoms with Crippen molar-refractivity contribution in [3.05, 3.63) is 35.9 Å². The van der Waals surface area contributed by atoms with Crippen molar-refractivity contribution in [3.63, 3.8) is 0 Å². The van der Waals surface area contributed by atoms with Gasteiger partial charge in [-0.2, -0.15) is 0 Å². The first kappa shape index (κ1) is 18.5. The highest BCUT2D eigenvalue weighted by molar-refractivity contribution is 5.78. The number of likely N-dealkylation sites (tertiary alicyclic amines) is 1. The molecular formula is C22H31N3O2. The van der Waals surface area contributed by atoms with Crippen molar-refractivity contribution in [1.82, 2.24) is 15.5 Å². The van der Waals surface area contributed by atoms with Crippen LogP contribution in [-0.2, 0) is 9.59 Å². The Morgan fingerprint density at radius 3 is 2.63 bits per heavy atom. The first-order valence-corrected chi connectivity index (χ1v) is 10.4. The summed E-state index contributed by atoms with van der Waals surface area (Å²) in [6.07, 6.45) is 6.50. The van der Waals surface area contributed by atoms with Crippen LogP contribution in [0.3, 0.4) is 0 Å². The lowest BCUT2D eigenvalue weighted by Gasteiger charge is -2.46. The molecule has 0 unspecified atom stereocenters. The van der Waals surface area contributed by atoms with Gasteiger partial charge in [-0.25, -0.2) is 0 Å². The molecule has 146 valence electrons. The maximum Gasteiger partial charge on any atom is 0.222 e. The Bertz CT molecular complexity index is 686. The summed E-state index contributed by atoms with van der Waals surface area (Å²) in [5, 5.41) is 6.88. The van der Waals surface area contributed by atoms with E-state index in [1.165, 1.54) is 31.2 Å². The molecule has 4 rings (SSSR count). The molecule has 1 aromatic rings. The molecule has 1 aliphatic carbocycles. The lowest BCUT2D eigenvalue weighted by Crippen LogP contribution is -2.64. The van der Waals surface area contributed by atoms with E-state index in [-0.39, 0.29) is 23.4 Å². The van der Waals surface area contributed by atoms with Crippen LogP contribution in [0.5, 0.6) is 0 Å². The lowest BCUT2D eigenvalue weighted by atomic mass is 9.75. The van der Waals surface area contributed by atoms with Crippen molar-refractivity contribution in [1.29, 1.82) is 0 Å². The second-order valence-electron chi connectivity index (χ2n) is 8.67. The highest BCUT2D eigenvalue weighted by Gasteiger charge is 2.53. The molecule has 1 aromatic carbocycles. The van der Waals surface area contributed by atoms with E-state index in [0.717, 1.165) is 13.0 Å². The van der Waals surface area contributed by atoms with E-state index in [2.05, 4.69) is 34.9 Å². The first-order valence-electron chi connectivity index (χ1n) is 10.4. The lowest BCUT2D eigenvalue weighted by molar-refractivity contribution is -0.137. The average molecular weight is 370 g/mol. The predicted molar refractivity (Wildman–Crippen MR) is 105 cm³/mol. The number of nitrogens with one attached hydrogen (secondary N) is 2. The minimum absolute atomic E-state index is 0.0133. The summed E-state index contributed by atoms with van der Waals surface area (Å²) in [6, 6.07) is 10.7. The van der Waals surface area contributed by atoms with Crippen molar-refractivity contribution < 1.29 is 9.59 Å². The summed E-state index contributed by atoms with van der Waals surface area (Å²) in [7, 11) is 0. The minimum Gasteiger partial charge on any atom is -0.347 e. The molecule has 5 nitrogen and oxygen atoms in total. The fourth-order valence-electron chi connectivity index (χ4n) is 5.56. The molecule has 2 N–H and O–H groups in total. The van der Waals surface area contributed by atoms with Gasteiger partial charge in [-0.15, -0.1) is 0 Å². The van der Waals surface area contributed by atoms with Crippen molar-refractivity contribution in [2.24, 2.45) is 11.8 Å². The first-order chi connectivity index (χ1) is 13.1. The SMILES string of the molecule is CC(=O)N[C@]12CN[C@H](c3ccccc3)[C@H]1CCN(C(=O)CC1CCCC1)C2. The molecule has 3 aliphatic rings. The minimum atomic E-state index is -0.365. The zero-order valence-corrected chi connectivity index (χ0v) is 16.2. The van der Waals surface area contributed by atoms with Gasteiger partial charge in [0.15, 0.2) is 0 Å². The van der Waals surface area contributed by atoms with Gasteiger partial charge < -0.3 is 15.5 Å². The molecule has 2 amide bonds. The number of fused-ring (bicyclic) bond motifs is 1. The van der Waals surface area contributed by atoms with Gasteiger partial charge in [0.25, 0.3) is 0 Å². The van der Waals surface area contributed by atoms with Gasteiger partial charge in [0.2, 0.25) is 11.8 Å². The summed E-state index contributed by atoms with van der Waals surface area (Å²) in [6.45, 7) is 3.71. The number of carbonyl (C=O) groups is 2. The average Bonchev–Trinajstić information content (AvgIpc) is 3.29. The standard InChI is InChI=1S/C22H31N3O2/c1-16(26)24-22-14-23-21(18-9-3-2-4-10-18)19(22)11-12-25(15-22)20(27)13-17-7-5-6-8-17/h2-4,9-10,17,19,21,23H,5-8,11-15H2,1H3,(H,24,26)/t19-,21-,22+/m1/s1. The van der Waals surface area contributed by atoms with E-state index in [1.54, 1.807) is 6.92 Å². The second kappa shape index (κ2) is 7.63.